The maximum Gasteiger partial charge on any atom is 0.0469 e. The third-order valence-corrected chi connectivity index (χ3v) is 4.47. The number of hydrogen-bond acceptors (Lipinski definition) is 3. The molecule has 2 unspecified atom stereocenters. The summed E-state index contributed by atoms with van der Waals surface area (Å²) in [6, 6.07) is 1.45. The Hall–Kier alpha value is -0.120. The van der Waals surface area contributed by atoms with Crippen LogP contribution in [0.3, 0.4) is 0 Å². The molecule has 2 aliphatic rings. The minimum Gasteiger partial charge on any atom is -0.381 e. The molecular formula is C14H28N2O. The number of nitrogens with zero attached hydrogens (tertiary/aromatic N) is 1. The van der Waals surface area contributed by atoms with Gasteiger partial charge in [-0.2, -0.15) is 0 Å². The molecule has 1 N–H and O–H groups in total. The van der Waals surface area contributed by atoms with Gasteiger partial charge in [0.2, 0.25) is 0 Å². The lowest BCUT2D eigenvalue weighted by Crippen LogP contribution is -2.51. The van der Waals surface area contributed by atoms with E-state index in [1.165, 1.54) is 38.8 Å². The summed E-state index contributed by atoms with van der Waals surface area (Å²) in [7, 11) is 0. The van der Waals surface area contributed by atoms with Gasteiger partial charge in [-0.15, -0.1) is 0 Å². The maximum atomic E-state index is 5.47. The van der Waals surface area contributed by atoms with Gasteiger partial charge in [0.1, 0.15) is 0 Å². The Morgan fingerprint density at radius 1 is 1.29 bits per heavy atom. The van der Waals surface area contributed by atoms with Crippen LogP contribution in [0, 0.1) is 5.92 Å². The van der Waals surface area contributed by atoms with Crippen LogP contribution in [-0.4, -0.2) is 49.8 Å². The fraction of sp³-hybridized carbons (Fsp3) is 1.00. The number of nitrogens with one attached hydrogen (secondary N) is 1. The molecule has 0 aromatic carbocycles. The van der Waals surface area contributed by atoms with E-state index in [0.717, 1.165) is 37.8 Å². The summed E-state index contributed by atoms with van der Waals surface area (Å²) in [6.45, 7) is 10.2. The van der Waals surface area contributed by atoms with E-state index in [2.05, 4.69) is 24.1 Å². The van der Waals surface area contributed by atoms with Gasteiger partial charge in [0.15, 0.2) is 0 Å². The van der Waals surface area contributed by atoms with Crippen LogP contribution in [0.1, 0.15) is 39.5 Å². The van der Waals surface area contributed by atoms with Gasteiger partial charge in [0.05, 0.1) is 0 Å². The van der Waals surface area contributed by atoms with Crippen molar-refractivity contribution in [3.05, 3.63) is 0 Å². The quantitative estimate of drug-likeness (QED) is 0.812. The molecule has 3 heteroatoms. The number of rotatable bonds is 4. The third kappa shape index (κ3) is 3.67. The van der Waals surface area contributed by atoms with Crippen LogP contribution in [0.15, 0.2) is 0 Å². The molecule has 100 valence electrons. The fourth-order valence-electron chi connectivity index (χ4n) is 3.33. The van der Waals surface area contributed by atoms with Crippen LogP contribution in [0.4, 0.5) is 0 Å². The highest BCUT2D eigenvalue weighted by Gasteiger charge is 2.28. The maximum absolute atomic E-state index is 5.47. The van der Waals surface area contributed by atoms with E-state index < -0.39 is 0 Å². The molecule has 0 amide bonds. The molecule has 2 heterocycles. The molecular weight excluding hydrogens is 212 g/mol. The molecule has 0 aromatic heterocycles. The van der Waals surface area contributed by atoms with E-state index in [1.807, 2.05) is 0 Å². The molecule has 2 aliphatic heterocycles. The van der Waals surface area contributed by atoms with E-state index in [1.54, 1.807) is 0 Å². The van der Waals surface area contributed by atoms with E-state index in [0.29, 0.717) is 0 Å². The second-order valence-corrected chi connectivity index (χ2v) is 5.58. The Morgan fingerprint density at radius 2 is 2.06 bits per heavy atom. The number of likely N-dealkylation sites (tertiary alicyclic amines) is 1. The Bertz CT molecular complexity index is 214. The largest absolute Gasteiger partial charge is 0.381 e. The number of hydrogen-bond donors (Lipinski definition) is 1. The summed E-state index contributed by atoms with van der Waals surface area (Å²) in [5.74, 6) is 0.851. The summed E-state index contributed by atoms with van der Waals surface area (Å²) in [5.41, 5.74) is 0. The first-order valence-electron chi connectivity index (χ1n) is 7.36. The fourth-order valence-corrected chi connectivity index (χ4v) is 3.33. The predicted octanol–water partition coefficient (Wildman–Crippen LogP) is 1.88. The Kier molecular flexibility index (Phi) is 5.26. The van der Waals surface area contributed by atoms with Crippen LogP contribution in [0.25, 0.3) is 0 Å². The van der Waals surface area contributed by atoms with E-state index in [-0.39, 0.29) is 0 Å². The van der Waals surface area contributed by atoms with Gasteiger partial charge < -0.3 is 10.1 Å². The van der Waals surface area contributed by atoms with Crippen molar-refractivity contribution in [1.29, 1.82) is 0 Å². The van der Waals surface area contributed by atoms with Gasteiger partial charge in [-0.3, -0.25) is 4.90 Å². The molecule has 0 aromatic rings. The molecule has 2 fully saturated rings. The van der Waals surface area contributed by atoms with Crippen LogP contribution < -0.4 is 5.32 Å². The molecule has 0 radical (unpaired) electrons. The van der Waals surface area contributed by atoms with Gasteiger partial charge in [-0.05, 0) is 51.6 Å². The standard InChI is InChI=1S/C14H28N2O/c1-3-15-14-5-4-8-16(11-14)12(2)13-6-9-17-10-7-13/h12-15H,3-11H2,1-2H3. The molecule has 0 aliphatic carbocycles. The highest BCUT2D eigenvalue weighted by Crippen LogP contribution is 2.25. The molecule has 0 saturated carbocycles. The lowest BCUT2D eigenvalue weighted by Gasteiger charge is -2.41. The molecule has 3 nitrogen and oxygen atoms in total. The van der Waals surface area contributed by atoms with Crippen molar-refractivity contribution >= 4 is 0 Å². The topological polar surface area (TPSA) is 24.5 Å². The average Bonchev–Trinajstić information content (AvgIpc) is 2.40. The highest BCUT2D eigenvalue weighted by atomic mass is 16.5. The summed E-state index contributed by atoms with van der Waals surface area (Å²) >= 11 is 0. The van der Waals surface area contributed by atoms with Crippen molar-refractivity contribution in [2.45, 2.75) is 51.6 Å². The zero-order chi connectivity index (χ0) is 12.1. The lowest BCUT2D eigenvalue weighted by atomic mass is 9.90. The van der Waals surface area contributed by atoms with E-state index >= 15 is 0 Å². The molecule has 2 atom stereocenters. The van der Waals surface area contributed by atoms with Crippen molar-refractivity contribution < 1.29 is 4.74 Å². The lowest BCUT2D eigenvalue weighted by molar-refractivity contribution is 0.0216. The Labute approximate surface area is 106 Å². The second-order valence-electron chi connectivity index (χ2n) is 5.58. The number of likely N-dealkylation sites (N-methyl/N-ethyl adjacent to an activating group) is 1. The SMILES string of the molecule is CCNC1CCCN(C(C)C2CCOCC2)C1. The van der Waals surface area contributed by atoms with Gasteiger partial charge in [-0.1, -0.05) is 6.92 Å². The predicted molar refractivity (Wildman–Crippen MR) is 71.3 cm³/mol. The number of ether oxygens (including phenoxy) is 1. The van der Waals surface area contributed by atoms with E-state index in [4.69, 9.17) is 4.74 Å². The van der Waals surface area contributed by atoms with Crippen LogP contribution in [-0.2, 0) is 4.74 Å². The summed E-state index contributed by atoms with van der Waals surface area (Å²) in [6.07, 6.45) is 5.21. The molecule has 17 heavy (non-hydrogen) atoms. The zero-order valence-corrected chi connectivity index (χ0v) is 11.5. The highest BCUT2D eigenvalue weighted by molar-refractivity contribution is 4.84. The van der Waals surface area contributed by atoms with Gasteiger partial charge in [0, 0.05) is 31.8 Å². The monoisotopic (exact) mass is 240 g/mol. The molecule has 2 rings (SSSR count). The van der Waals surface area contributed by atoms with Crippen LogP contribution in [0.5, 0.6) is 0 Å². The molecule has 0 spiro atoms. The minimum absolute atomic E-state index is 0.719. The van der Waals surface area contributed by atoms with Crippen molar-refractivity contribution in [3.8, 4) is 0 Å². The van der Waals surface area contributed by atoms with Crippen molar-refractivity contribution in [2.75, 3.05) is 32.8 Å². The van der Waals surface area contributed by atoms with Gasteiger partial charge in [-0.25, -0.2) is 0 Å². The van der Waals surface area contributed by atoms with E-state index in [9.17, 15) is 0 Å². The summed E-state index contributed by atoms with van der Waals surface area (Å²) in [5, 5.41) is 3.61. The van der Waals surface area contributed by atoms with Crippen molar-refractivity contribution in [2.24, 2.45) is 5.92 Å². The summed E-state index contributed by atoms with van der Waals surface area (Å²) in [4.78, 5) is 2.70. The smallest absolute Gasteiger partial charge is 0.0469 e. The second kappa shape index (κ2) is 6.72. The van der Waals surface area contributed by atoms with Crippen molar-refractivity contribution in [3.63, 3.8) is 0 Å². The summed E-state index contributed by atoms with van der Waals surface area (Å²) < 4.78 is 5.47. The van der Waals surface area contributed by atoms with Crippen LogP contribution >= 0.6 is 0 Å². The molecule has 2 saturated heterocycles. The Morgan fingerprint density at radius 3 is 2.76 bits per heavy atom. The first-order valence-corrected chi connectivity index (χ1v) is 7.36. The van der Waals surface area contributed by atoms with Gasteiger partial charge in [0.25, 0.3) is 0 Å². The minimum atomic E-state index is 0.719. The number of piperidine rings is 1. The normalized spacial score (nSPS) is 30.4. The molecule has 0 bridgehead atoms. The average molecular weight is 240 g/mol. The zero-order valence-electron chi connectivity index (χ0n) is 11.5. The van der Waals surface area contributed by atoms with Crippen molar-refractivity contribution in [1.82, 2.24) is 10.2 Å². The van der Waals surface area contributed by atoms with Gasteiger partial charge >= 0.3 is 0 Å². The Balaban J connectivity index is 1.82. The first kappa shape index (κ1) is 13.3. The third-order valence-electron chi connectivity index (χ3n) is 4.47. The first-order chi connectivity index (χ1) is 8.31. The van der Waals surface area contributed by atoms with Crippen LogP contribution in [0.2, 0.25) is 0 Å².